The van der Waals surface area contributed by atoms with Gasteiger partial charge in [0.25, 0.3) is 0 Å². The molecule has 0 aromatic rings. The average Bonchev–Trinajstić information content (AvgIpc) is 2.77. The first kappa shape index (κ1) is 14.6. The van der Waals surface area contributed by atoms with Crippen LogP contribution in [0.3, 0.4) is 0 Å². The molecule has 0 unspecified atom stereocenters. The van der Waals surface area contributed by atoms with Gasteiger partial charge < -0.3 is 5.32 Å². The maximum atomic E-state index is 12.2. The van der Waals surface area contributed by atoms with Crippen molar-refractivity contribution in [2.45, 2.75) is 64.3 Å². The van der Waals surface area contributed by atoms with Gasteiger partial charge in [-0.05, 0) is 40.5 Å². The quantitative estimate of drug-likeness (QED) is 0.840. The first-order chi connectivity index (χ1) is 8.47. The normalized spacial score (nSPS) is 35.1. The maximum absolute atomic E-state index is 12.2. The third-order valence-corrected chi connectivity index (χ3v) is 4.29. The number of nitrogens with zero attached hydrogens (tertiary/aromatic N) is 1. The Morgan fingerprint density at radius 3 is 2.32 bits per heavy atom. The van der Waals surface area contributed by atoms with Gasteiger partial charge in [0.05, 0.1) is 0 Å². The van der Waals surface area contributed by atoms with E-state index in [9.17, 15) is 18.0 Å². The highest BCUT2D eigenvalue weighted by molar-refractivity contribution is 5.81. The van der Waals surface area contributed by atoms with E-state index in [4.69, 9.17) is 0 Å². The summed E-state index contributed by atoms with van der Waals surface area (Å²) in [7, 11) is 0. The molecule has 110 valence electrons. The highest BCUT2D eigenvalue weighted by atomic mass is 19.4. The van der Waals surface area contributed by atoms with E-state index in [1.807, 2.05) is 5.32 Å². The van der Waals surface area contributed by atoms with Crippen LogP contribution in [0, 0.1) is 5.41 Å². The molecule has 1 aliphatic carbocycles. The second-order valence-corrected chi connectivity index (χ2v) is 6.89. The van der Waals surface area contributed by atoms with Crippen molar-refractivity contribution in [1.82, 2.24) is 10.2 Å². The van der Waals surface area contributed by atoms with E-state index < -0.39 is 12.1 Å². The first-order valence-electron chi connectivity index (χ1n) is 6.61. The Kier molecular flexibility index (Phi) is 3.16. The van der Waals surface area contributed by atoms with Gasteiger partial charge in [-0.25, -0.2) is 0 Å². The first-order valence-corrected chi connectivity index (χ1v) is 6.61. The van der Waals surface area contributed by atoms with E-state index in [-0.39, 0.29) is 17.5 Å². The maximum Gasteiger partial charge on any atom is 0.471 e. The third kappa shape index (κ3) is 2.59. The van der Waals surface area contributed by atoms with E-state index in [2.05, 4.69) is 32.6 Å². The summed E-state index contributed by atoms with van der Waals surface area (Å²) < 4.78 is 36.5. The number of rotatable bonds is 2. The molecular weight excluding hydrogens is 257 g/mol. The van der Waals surface area contributed by atoms with Crippen LogP contribution in [0.4, 0.5) is 13.2 Å². The van der Waals surface area contributed by atoms with Crippen LogP contribution in [-0.2, 0) is 4.79 Å². The Balaban J connectivity index is 1.97. The summed E-state index contributed by atoms with van der Waals surface area (Å²) in [5.41, 5.74) is -0.135. The summed E-state index contributed by atoms with van der Waals surface area (Å²) in [6.45, 7) is 8.59. The van der Waals surface area contributed by atoms with Crippen molar-refractivity contribution >= 4 is 5.91 Å². The van der Waals surface area contributed by atoms with Crippen molar-refractivity contribution in [3.8, 4) is 0 Å². The Bertz CT molecular complexity index is 388. The van der Waals surface area contributed by atoms with Crippen LogP contribution in [0.15, 0.2) is 0 Å². The lowest BCUT2D eigenvalue weighted by Crippen LogP contribution is -2.45. The number of amides is 1. The molecule has 0 bridgehead atoms. The zero-order valence-corrected chi connectivity index (χ0v) is 11.8. The number of halogens is 3. The highest BCUT2D eigenvalue weighted by Crippen LogP contribution is 2.60. The fourth-order valence-corrected chi connectivity index (χ4v) is 3.68. The number of nitrogens with one attached hydrogen (secondary N) is 1. The number of likely N-dealkylation sites (tertiary alicyclic amines) is 1. The minimum absolute atomic E-state index is 0.0103. The summed E-state index contributed by atoms with van der Waals surface area (Å²) in [6.07, 6.45) is -3.05. The van der Waals surface area contributed by atoms with E-state index in [0.29, 0.717) is 12.1 Å². The Morgan fingerprint density at radius 1 is 1.32 bits per heavy atom. The summed E-state index contributed by atoms with van der Waals surface area (Å²) in [4.78, 5) is 13.3. The van der Waals surface area contributed by atoms with Crippen LogP contribution in [0.2, 0.25) is 0 Å². The second-order valence-electron chi connectivity index (χ2n) is 6.89. The monoisotopic (exact) mass is 278 g/mol. The van der Waals surface area contributed by atoms with Crippen LogP contribution >= 0.6 is 0 Å². The lowest BCUT2D eigenvalue weighted by molar-refractivity contribution is -0.173. The molecular formula is C13H21F3N2O. The van der Waals surface area contributed by atoms with Crippen molar-refractivity contribution < 1.29 is 18.0 Å². The molecule has 2 fully saturated rings. The van der Waals surface area contributed by atoms with Gasteiger partial charge in [0.2, 0.25) is 0 Å². The molecule has 0 aromatic carbocycles. The van der Waals surface area contributed by atoms with Crippen LogP contribution < -0.4 is 5.32 Å². The molecule has 3 nitrogen and oxygen atoms in total. The SMILES string of the molecule is C[C@@H]1C[C@@]2(CNC(=O)C(F)(F)F)C[C@H]2N1C(C)(C)C. The van der Waals surface area contributed by atoms with E-state index in [0.717, 1.165) is 12.8 Å². The van der Waals surface area contributed by atoms with Crippen LogP contribution in [0.25, 0.3) is 0 Å². The molecule has 0 spiro atoms. The van der Waals surface area contributed by atoms with Crippen molar-refractivity contribution in [2.75, 3.05) is 6.54 Å². The van der Waals surface area contributed by atoms with Crippen LogP contribution in [0.1, 0.15) is 40.5 Å². The summed E-state index contributed by atoms with van der Waals surface area (Å²) in [6, 6.07) is 0.651. The number of hydrogen-bond donors (Lipinski definition) is 1. The zero-order valence-electron chi connectivity index (χ0n) is 11.8. The number of alkyl halides is 3. The molecule has 1 saturated carbocycles. The largest absolute Gasteiger partial charge is 0.471 e. The number of fused-ring (bicyclic) bond motifs is 1. The number of hydrogen-bond acceptors (Lipinski definition) is 2. The minimum Gasteiger partial charge on any atom is -0.348 e. The van der Waals surface area contributed by atoms with E-state index >= 15 is 0 Å². The zero-order chi connectivity index (χ0) is 14.6. The molecule has 19 heavy (non-hydrogen) atoms. The molecule has 1 heterocycles. The van der Waals surface area contributed by atoms with Gasteiger partial charge in [0.15, 0.2) is 0 Å². The second kappa shape index (κ2) is 4.11. The average molecular weight is 278 g/mol. The lowest BCUT2D eigenvalue weighted by Gasteiger charge is -2.37. The summed E-state index contributed by atoms with van der Waals surface area (Å²) in [5, 5.41) is 2.05. The van der Waals surface area contributed by atoms with Crippen molar-refractivity contribution in [2.24, 2.45) is 5.41 Å². The van der Waals surface area contributed by atoms with Crippen LogP contribution in [0.5, 0.6) is 0 Å². The topological polar surface area (TPSA) is 32.3 Å². The third-order valence-electron chi connectivity index (χ3n) is 4.29. The fourth-order valence-electron chi connectivity index (χ4n) is 3.68. The summed E-state index contributed by atoms with van der Waals surface area (Å²) >= 11 is 0. The fraction of sp³-hybridized carbons (Fsp3) is 0.923. The Hall–Kier alpha value is -0.780. The van der Waals surface area contributed by atoms with Crippen molar-refractivity contribution in [1.29, 1.82) is 0 Å². The van der Waals surface area contributed by atoms with E-state index in [1.54, 1.807) is 0 Å². The van der Waals surface area contributed by atoms with Gasteiger partial charge in [-0.3, -0.25) is 9.69 Å². The summed E-state index contributed by atoms with van der Waals surface area (Å²) in [5.74, 6) is -1.82. The molecule has 1 amide bonds. The van der Waals surface area contributed by atoms with Gasteiger partial charge in [-0.15, -0.1) is 0 Å². The van der Waals surface area contributed by atoms with Crippen LogP contribution in [-0.4, -0.2) is 41.2 Å². The Labute approximate surface area is 111 Å². The Morgan fingerprint density at radius 2 is 1.89 bits per heavy atom. The van der Waals surface area contributed by atoms with Crippen molar-refractivity contribution in [3.05, 3.63) is 0 Å². The van der Waals surface area contributed by atoms with Crippen molar-refractivity contribution in [3.63, 3.8) is 0 Å². The van der Waals surface area contributed by atoms with Gasteiger partial charge in [-0.2, -0.15) is 13.2 Å². The standard InChI is InChI=1S/C13H21F3N2O/c1-8-5-12(7-17-10(19)13(14,15)16)6-9(12)18(8)11(2,3)4/h8-9H,5-7H2,1-4H3,(H,17,19)/t8-,9-,12+/m1/s1. The molecule has 0 aromatic heterocycles. The molecule has 1 aliphatic heterocycles. The molecule has 2 aliphatic rings. The molecule has 3 atom stereocenters. The minimum atomic E-state index is -4.78. The van der Waals surface area contributed by atoms with Gasteiger partial charge in [0.1, 0.15) is 0 Å². The predicted octanol–water partition coefficient (Wildman–Crippen LogP) is 2.32. The van der Waals surface area contributed by atoms with Gasteiger partial charge in [-0.1, -0.05) is 0 Å². The highest BCUT2D eigenvalue weighted by Gasteiger charge is 2.65. The smallest absolute Gasteiger partial charge is 0.348 e. The molecule has 6 heteroatoms. The molecule has 1 N–H and O–H groups in total. The number of carbonyl (C=O) groups excluding carboxylic acids is 1. The number of piperidine rings is 1. The van der Waals surface area contributed by atoms with Gasteiger partial charge >= 0.3 is 12.1 Å². The lowest BCUT2D eigenvalue weighted by atomic mass is 9.99. The molecule has 2 rings (SSSR count). The predicted molar refractivity (Wildman–Crippen MR) is 65.6 cm³/mol. The number of carbonyl (C=O) groups is 1. The van der Waals surface area contributed by atoms with Gasteiger partial charge in [0, 0.05) is 29.6 Å². The molecule has 0 radical (unpaired) electrons. The molecule has 1 saturated heterocycles. The van der Waals surface area contributed by atoms with E-state index in [1.165, 1.54) is 0 Å².